The molecular weight excluding hydrogens is 324 g/mol. The predicted molar refractivity (Wildman–Crippen MR) is 106 cm³/mol. The van der Waals surface area contributed by atoms with Crippen molar-refractivity contribution in [3.8, 4) is 11.3 Å². The van der Waals surface area contributed by atoms with E-state index in [4.69, 9.17) is 4.74 Å². The van der Waals surface area contributed by atoms with Gasteiger partial charge in [0.15, 0.2) is 0 Å². The number of H-pyrrole nitrogens is 1. The van der Waals surface area contributed by atoms with E-state index in [1.165, 1.54) is 22.1 Å². The zero-order chi connectivity index (χ0) is 18.9. The Hall–Kier alpha value is -2.75. The molecule has 1 heterocycles. The highest BCUT2D eigenvalue weighted by Gasteiger charge is 2.16. The Labute approximate surface area is 154 Å². The highest BCUT2D eigenvalue weighted by Crippen LogP contribution is 2.31. The number of carbonyl (C=O) groups excluding carboxylic acids is 1. The van der Waals surface area contributed by atoms with Gasteiger partial charge in [0.05, 0.1) is 0 Å². The molecular formula is C22H26N2O2. The molecule has 0 unspecified atom stereocenters. The maximum atomic E-state index is 11.8. The molecule has 0 aliphatic carbocycles. The van der Waals surface area contributed by atoms with Crippen LogP contribution in [0.15, 0.2) is 42.5 Å². The van der Waals surface area contributed by atoms with Crippen molar-refractivity contribution >= 4 is 17.0 Å². The maximum Gasteiger partial charge on any atom is 0.407 e. The van der Waals surface area contributed by atoms with Crippen molar-refractivity contribution in [2.45, 2.75) is 46.8 Å². The summed E-state index contributed by atoms with van der Waals surface area (Å²) in [6.45, 7) is 10.3. The summed E-state index contributed by atoms with van der Waals surface area (Å²) in [7, 11) is 0. The van der Waals surface area contributed by atoms with Crippen LogP contribution in [0.3, 0.4) is 0 Å². The standard InChI is InChI=1S/C22H26N2O2/c1-14-8-6-7-9-17(14)20-15(2)18-12-16(10-11-19(18)24-20)13-23-21(25)26-22(3,4)5/h6-12,24H,13H2,1-5H3,(H,23,25). The second-order valence-corrected chi connectivity index (χ2v) is 7.68. The largest absolute Gasteiger partial charge is 0.444 e. The summed E-state index contributed by atoms with van der Waals surface area (Å²) in [5, 5.41) is 3.99. The van der Waals surface area contributed by atoms with E-state index < -0.39 is 11.7 Å². The van der Waals surface area contributed by atoms with Gasteiger partial charge in [-0.3, -0.25) is 0 Å². The molecule has 136 valence electrons. The Morgan fingerprint density at radius 3 is 2.54 bits per heavy atom. The molecule has 0 atom stereocenters. The van der Waals surface area contributed by atoms with Gasteiger partial charge in [-0.15, -0.1) is 0 Å². The first-order valence-electron chi connectivity index (χ1n) is 8.88. The minimum Gasteiger partial charge on any atom is -0.444 e. The fraction of sp³-hybridized carbons (Fsp3) is 0.318. The molecule has 0 radical (unpaired) electrons. The molecule has 0 bridgehead atoms. The van der Waals surface area contributed by atoms with Gasteiger partial charge in [0.2, 0.25) is 0 Å². The summed E-state index contributed by atoms with van der Waals surface area (Å²) in [5.41, 5.74) is 6.48. The van der Waals surface area contributed by atoms with Crippen LogP contribution in [0.5, 0.6) is 0 Å². The highest BCUT2D eigenvalue weighted by atomic mass is 16.6. The number of rotatable bonds is 3. The summed E-state index contributed by atoms with van der Waals surface area (Å²) >= 11 is 0. The number of carbonyl (C=O) groups is 1. The van der Waals surface area contributed by atoms with Crippen molar-refractivity contribution < 1.29 is 9.53 Å². The van der Waals surface area contributed by atoms with Gasteiger partial charge in [-0.2, -0.15) is 0 Å². The first kappa shape index (κ1) is 18.1. The molecule has 26 heavy (non-hydrogen) atoms. The van der Waals surface area contributed by atoms with Crippen LogP contribution in [0.2, 0.25) is 0 Å². The number of benzene rings is 2. The smallest absolute Gasteiger partial charge is 0.407 e. The third kappa shape index (κ3) is 3.90. The minimum absolute atomic E-state index is 0.399. The molecule has 4 nitrogen and oxygen atoms in total. The number of aromatic nitrogens is 1. The van der Waals surface area contributed by atoms with E-state index in [1.807, 2.05) is 26.8 Å². The first-order chi connectivity index (χ1) is 12.2. The van der Waals surface area contributed by atoms with E-state index in [9.17, 15) is 4.79 Å². The summed E-state index contributed by atoms with van der Waals surface area (Å²) in [6.07, 6.45) is -0.399. The van der Waals surface area contributed by atoms with Crippen molar-refractivity contribution in [1.82, 2.24) is 10.3 Å². The molecule has 3 aromatic rings. The number of amides is 1. The fourth-order valence-corrected chi connectivity index (χ4v) is 3.09. The SMILES string of the molecule is Cc1ccccc1-c1[nH]c2ccc(CNC(=O)OC(C)(C)C)cc2c1C. The summed E-state index contributed by atoms with van der Waals surface area (Å²) in [6, 6.07) is 14.6. The second-order valence-electron chi connectivity index (χ2n) is 7.68. The Kier molecular flexibility index (Phi) is 4.77. The molecule has 1 amide bonds. The predicted octanol–water partition coefficient (Wildman–Crippen LogP) is 5.48. The first-order valence-corrected chi connectivity index (χ1v) is 8.88. The Morgan fingerprint density at radius 1 is 1.12 bits per heavy atom. The lowest BCUT2D eigenvalue weighted by molar-refractivity contribution is 0.0523. The van der Waals surface area contributed by atoms with Gasteiger partial charge in [0.25, 0.3) is 0 Å². The second kappa shape index (κ2) is 6.87. The molecule has 0 spiro atoms. The van der Waals surface area contributed by atoms with Crippen LogP contribution >= 0.6 is 0 Å². The van der Waals surface area contributed by atoms with Crippen molar-refractivity contribution in [3.05, 3.63) is 59.2 Å². The van der Waals surface area contributed by atoms with Crippen molar-refractivity contribution in [3.63, 3.8) is 0 Å². The summed E-state index contributed by atoms with van der Waals surface area (Å²) in [4.78, 5) is 15.4. The van der Waals surface area contributed by atoms with Crippen LogP contribution in [0.1, 0.15) is 37.5 Å². The number of aromatic amines is 1. The van der Waals surface area contributed by atoms with Gasteiger partial charge in [0, 0.05) is 28.7 Å². The Bertz CT molecular complexity index is 948. The van der Waals surface area contributed by atoms with Crippen molar-refractivity contribution in [1.29, 1.82) is 0 Å². The van der Waals surface area contributed by atoms with Gasteiger partial charge < -0.3 is 15.0 Å². The Balaban J connectivity index is 1.84. The molecule has 2 aromatic carbocycles. The normalized spacial score (nSPS) is 11.6. The number of nitrogens with one attached hydrogen (secondary N) is 2. The number of aryl methyl sites for hydroxylation is 2. The molecule has 3 rings (SSSR count). The number of hydrogen-bond donors (Lipinski definition) is 2. The minimum atomic E-state index is -0.492. The van der Waals surface area contributed by atoms with Gasteiger partial charge >= 0.3 is 6.09 Å². The van der Waals surface area contributed by atoms with Gasteiger partial charge in [-0.05, 0) is 63.4 Å². The van der Waals surface area contributed by atoms with E-state index in [-0.39, 0.29) is 0 Å². The molecule has 0 saturated carbocycles. The zero-order valence-corrected chi connectivity index (χ0v) is 16.1. The average molecular weight is 350 g/mol. The third-order valence-corrected chi connectivity index (χ3v) is 4.37. The molecule has 0 aliphatic heterocycles. The number of ether oxygens (including phenoxy) is 1. The molecule has 2 N–H and O–H groups in total. The van der Waals surface area contributed by atoms with Gasteiger partial charge in [-0.25, -0.2) is 4.79 Å². The molecule has 0 saturated heterocycles. The van der Waals surface area contributed by atoms with Crippen LogP contribution in [0, 0.1) is 13.8 Å². The van der Waals surface area contributed by atoms with Crippen LogP contribution < -0.4 is 5.32 Å². The zero-order valence-electron chi connectivity index (χ0n) is 16.1. The van der Waals surface area contributed by atoms with Crippen LogP contribution in [0.4, 0.5) is 4.79 Å². The highest BCUT2D eigenvalue weighted by molar-refractivity contribution is 5.91. The van der Waals surface area contributed by atoms with Crippen LogP contribution in [0.25, 0.3) is 22.2 Å². The van der Waals surface area contributed by atoms with Crippen molar-refractivity contribution in [2.75, 3.05) is 0 Å². The van der Waals surface area contributed by atoms with E-state index >= 15 is 0 Å². The van der Waals surface area contributed by atoms with Crippen LogP contribution in [-0.2, 0) is 11.3 Å². The molecule has 1 aromatic heterocycles. The quantitative estimate of drug-likeness (QED) is 0.657. The van der Waals surface area contributed by atoms with Gasteiger partial charge in [0.1, 0.15) is 5.60 Å². The Morgan fingerprint density at radius 2 is 1.85 bits per heavy atom. The van der Waals surface area contributed by atoms with Crippen LogP contribution in [-0.4, -0.2) is 16.7 Å². The molecule has 0 aliphatic rings. The summed E-state index contributed by atoms with van der Waals surface area (Å²) in [5.74, 6) is 0. The molecule has 4 heteroatoms. The lowest BCUT2D eigenvalue weighted by Gasteiger charge is -2.19. The average Bonchev–Trinajstić information content (AvgIpc) is 2.88. The van der Waals surface area contributed by atoms with E-state index in [0.29, 0.717) is 6.54 Å². The topological polar surface area (TPSA) is 54.1 Å². The van der Waals surface area contributed by atoms with E-state index in [1.54, 1.807) is 0 Å². The van der Waals surface area contributed by atoms with Crippen molar-refractivity contribution in [2.24, 2.45) is 0 Å². The van der Waals surface area contributed by atoms with E-state index in [0.717, 1.165) is 16.8 Å². The lowest BCUT2D eigenvalue weighted by Crippen LogP contribution is -2.32. The maximum absolute atomic E-state index is 11.8. The molecule has 0 fully saturated rings. The fourth-order valence-electron chi connectivity index (χ4n) is 3.09. The van der Waals surface area contributed by atoms with Gasteiger partial charge in [-0.1, -0.05) is 30.3 Å². The van der Waals surface area contributed by atoms with E-state index in [2.05, 4.69) is 60.5 Å². The summed E-state index contributed by atoms with van der Waals surface area (Å²) < 4.78 is 5.29. The third-order valence-electron chi connectivity index (χ3n) is 4.37. The lowest BCUT2D eigenvalue weighted by atomic mass is 10.0. The number of alkyl carbamates (subject to hydrolysis) is 1. The number of fused-ring (bicyclic) bond motifs is 1. The monoisotopic (exact) mass is 350 g/mol. The number of hydrogen-bond acceptors (Lipinski definition) is 2.